The normalized spacial score (nSPS) is 29.3. The van der Waals surface area contributed by atoms with Crippen LogP contribution in [-0.4, -0.2) is 41.4 Å². The lowest BCUT2D eigenvalue weighted by atomic mass is 10.3. The molecule has 1 aliphatic heterocycles. The first-order chi connectivity index (χ1) is 5.75. The maximum absolute atomic E-state index is 10.5. The molecule has 2 fully saturated rings. The maximum atomic E-state index is 10.5. The lowest BCUT2D eigenvalue weighted by Crippen LogP contribution is -2.28. The minimum Gasteiger partial charge on any atom is -0.465 e. The van der Waals surface area contributed by atoms with Crippen LogP contribution in [0.2, 0.25) is 0 Å². The quantitative estimate of drug-likeness (QED) is 0.672. The molecule has 1 saturated heterocycles. The van der Waals surface area contributed by atoms with Gasteiger partial charge in [0, 0.05) is 6.54 Å². The summed E-state index contributed by atoms with van der Waals surface area (Å²) in [5.74, 6) is 0. The van der Waals surface area contributed by atoms with E-state index >= 15 is 0 Å². The molecule has 1 saturated carbocycles. The fourth-order valence-electron chi connectivity index (χ4n) is 1.49. The van der Waals surface area contributed by atoms with Crippen molar-refractivity contribution in [2.75, 3.05) is 13.1 Å². The van der Waals surface area contributed by atoms with Gasteiger partial charge < -0.3 is 14.7 Å². The molecule has 4 nitrogen and oxygen atoms in total. The molecule has 0 radical (unpaired) electrons. The zero-order valence-electron chi connectivity index (χ0n) is 6.90. The predicted molar refractivity (Wildman–Crippen MR) is 42.1 cm³/mol. The largest absolute Gasteiger partial charge is 0.465 e. The topological polar surface area (TPSA) is 49.8 Å². The molecule has 0 aromatic heterocycles. The molecule has 0 spiro atoms. The fraction of sp³-hybridized carbons (Fsp3) is 0.875. The Labute approximate surface area is 71.1 Å². The third-order valence-electron chi connectivity index (χ3n) is 2.32. The molecule has 1 atom stereocenters. The predicted octanol–water partition coefficient (Wildman–Crippen LogP) is 0.918. The summed E-state index contributed by atoms with van der Waals surface area (Å²) in [5.41, 5.74) is 0. The van der Waals surface area contributed by atoms with Gasteiger partial charge in [-0.1, -0.05) is 0 Å². The number of nitrogens with zero attached hydrogens (tertiary/aromatic N) is 1. The smallest absolute Gasteiger partial charge is 0.407 e. The molecule has 68 valence electrons. The van der Waals surface area contributed by atoms with Gasteiger partial charge in [0.2, 0.25) is 0 Å². The second-order valence-corrected chi connectivity index (χ2v) is 3.47. The van der Waals surface area contributed by atoms with Crippen LogP contribution in [0.1, 0.15) is 19.3 Å². The highest BCUT2D eigenvalue weighted by atomic mass is 16.5. The van der Waals surface area contributed by atoms with E-state index in [0.717, 1.165) is 19.3 Å². The summed E-state index contributed by atoms with van der Waals surface area (Å²) in [6.45, 7) is 1.19. The molecule has 1 unspecified atom stereocenters. The molecule has 1 amide bonds. The van der Waals surface area contributed by atoms with Crippen molar-refractivity contribution in [1.82, 2.24) is 4.90 Å². The Morgan fingerprint density at radius 3 is 2.58 bits per heavy atom. The Morgan fingerprint density at radius 1 is 1.33 bits per heavy atom. The summed E-state index contributed by atoms with van der Waals surface area (Å²) in [6.07, 6.45) is 2.95. The van der Waals surface area contributed by atoms with E-state index in [-0.39, 0.29) is 6.10 Å². The average molecular weight is 171 g/mol. The van der Waals surface area contributed by atoms with Gasteiger partial charge in [-0.2, -0.15) is 0 Å². The summed E-state index contributed by atoms with van der Waals surface area (Å²) >= 11 is 0. The van der Waals surface area contributed by atoms with Crippen molar-refractivity contribution < 1.29 is 14.6 Å². The standard InChI is InChI=1S/C8H13NO3/c10-8(11)9-4-3-7(5-9)12-6-1-2-6/h6-7H,1-5H2,(H,10,11). The molecule has 4 heteroatoms. The fourth-order valence-corrected chi connectivity index (χ4v) is 1.49. The molecule has 1 N–H and O–H groups in total. The number of hydrogen-bond donors (Lipinski definition) is 1. The van der Waals surface area contributed by atoms with E-state index in [2.05, 4.69) is 0 Å². The van der Waals surface area contributed by atoms with Gasteiger partial charge in [0.25, 0.3) is 0 Å². The molecule has 1 aliphatic carbocycles. The van der Waals surface area contributed by atoms with Crippen molar-refractivity contribution in [3.8, 4) is 0 Å². The van der Waals surface area contributed by atoms with Crippen molar-refractivity contribution in [1.29, 1.82) is 0 Å². The zero-order chi connectivity index (χ0) is 8.55. The van der Waals surface area contributed by atoms with E-state index in [0.29, 0.717) is 19.2 Å². The molecular formula is C8H13NO3. The lowest BCUT2D eigenvalue weighted by Gasteiger charge is -2.12. The van der Waals surface area contributed by atoms with Crippen LogP contribution in [0.3, 0.4) is 0 Å². The molecular weight excluding hydrogens is 158 g/mol. The highest BCUT2D eigenvalue weighted by Gasteiger charge is 2.32. The van der Waals surface area contributed by atoms with Crippen molar-refractivity contribution in [3.63, 3.8) is 0 Å². The van der Waals surface area contributed by atoms with Crippen LogP contribution in [-0.2, 0) is 4.74 Å². The van der Waals surface area contributed by atoms with Crippen molar-refractivity contribution in [2.24, 2.45) is 0 Å². The number of carboxylic acid groups (broad SMARTS) is 1. The first-order valence-corrected chi connectivity index (χ1v) is 4.39. The Morgan fingerprint density at radius 2 is 2.08 bits per heavy atom. The first-order valence-electron chi connectivity index (χ1n) is 4.39. The monoisotopic (exact) mass is 171 g/mol. The average Bonchev–Trinajstić information content (AvgIpc) is 2.66. The highest BCUT2D eigenvalue weighted by Crippen LogP contribution is 2.27. The van der Waals surface area contributed by atoms with E-state index in [4.69, 9.17) is 9.84 Å². The molecule has 1 heterocycles. The number of ether oxygens (including phenoxy) is 1. The third-order valence-corrected chi connectivity index (χ3v) is 2.32. The van der Waals surface area contributed by atoms with Gasteiger partial charge in [0.15, 0.2) is 0 Å². The van der Waals surface area contributed by atoms with Crippen LogP contribution in [0.15, 0.2) is 0 Å². The van der Waals surface area contributed by atoms with Crippen molar-refractivity contribution in [2.45, 2.75) is 31.5 Å². The van der Waals surface area contributed by atoms with Crippen LogP contribution in [0.5, 0.6) is 0 Å². The third kappa shape index (κ3) is 1.69. The minimum atomic E-state index is -0.822. The number of hydrogen-bond acceptors (Lipinski definition) is 2. The Bertz CT molecular complexity index is 191. The second-order valence-electron chi connectivity index (χ2n) is 3.47. The van der Waals surface area contributed by atoms with E-state index in [1.54, 1.807) is 0 Å². The number of rotatable bonds is 2. The first kappa shape index (κ1) is 7.86. The highest BCUT2D eigenvalue weighted by molar-refractivity contribution is 5.65. The van der Waals surface area contributed by atoms with Crippen LogP contribution in [0.4, 0.5) is 4.79 Å². The van der Waals surface area contributed by atoms with E-state index in [1.165, 1.54) is 4.90 Å². The molecule has 2 rings (SSSR count). The minimum absolute atomic E-state index is 0.161. The molecule has 12 heavy (non-hydrogen) atoms. The Kier molecular flexibility index (Phi) is 1.92. The summed E-state index contributed by atoms with van der Waals surface area (Å²) in [6, 6.07) is 0. The number of amides is 1. The van der Waals surface area contributed by atoms with Crippen molar-refractivity contribution in [3.05, 3.63) is 0 Å². The van der Waals surface area contributed by atoms with Gasteiger partial charge >= 0.3 is 6.09 Å². The van der Waals surface area contributed by atoms with Gasteiger partial charge in [-0.3, -0.25) is 0 Å². The summed E-state index contributed by atoms with van der Waals surface area (Å²) in [4.78, 5) is 11.9. The van der Waals surface area contributed by atoms with E-state index < -0.39 is 6.09 Å². The van der Waals surface area contributed by atoms with E-state index in [1.807, 2.05) is 0 Å². The zero-order valence-corrected chi connectivity index (χ0v) is 6.90. The summed E-state index contributed by atoms with van der Waals surface area (Å²) in [7, 11) is 0. The van der Waals surface area contributed by atoms with Crippen LogP contribution in [0, 0.1) is 0 Å². The summed E-state index contributed by atoms with van der Waals surface area (Å²) < 4.78 is 5.60. The van der Waals surface area contributed by atoms with Gasteiger partial charge in [-0.25, -0.2) is 4.79 Å². The number of carbonyl (C=O) groups is 1. The van der Waals surface area contributed by atoms with Gasteiger partial charge in [-0.05, 0) is 19.3 Å². The van der Waals surface area contributed by atoms with E-state index in [9.17, 15) is 4.79 Å². The molecule has 0 aromatic carbocycles. The van der Waals surface area contributed by atoms with Crippen LogP contribution in [0.25, 0.3) is 0 Å². The van der Waals surface area contributed by atoms with Crippen LogP contribution >= 0.6 is 0 Å². The Balaban J connectivity index is 1.76. The molecule has 0 bridgehead atoms. The van der Waals surface area contributed by atoms with Gasteiger partial charge in [-0.15, -0.1) is 0 Å². The molecule has 0 aromatic rings. The van der Waals surface area contributed by atoms with Gasteiger partial charge in [0.1, 0.15) is 0 Å². The van der Waals surface area contributed by atoms with Gasteiger partial charge in [0.05, 0.1) is 18.8 Å². The second kappa shape index (κ2) is 2.94. The maximum Gasteiger partial charge on any atom is 0.407 e. The summed E-state index contributed by atoms with van der Waals surface area (Å²) in [5, 5.41) is 8.65. The SMILES string of the molecule is O=C(O)N1CCC(OC2CC2)C1. The van der Waals surface area contributed by atoms with Crippen molar-refractivity contribution >= 4 is 6.09 Å². The molecule has 2 aliphatic rings. The Hall–Kier alpha value is -0.770. The lowest BCUT2D eigenvalue weighted by molar-refractivity contribution is 0.0460. The van der Waals surface area contributed by atoms with Crippen LogP contribution < -0.4 is 0 Å². The number of likely N-dealkylation sites (tertiary alicyclic amines) is 1.